The van der Waals surface area contributed by atoms with Crippen LogP contribution in [0.1, 0.15) is 37.7 Å². The smallest absolute Gasteiger partial charge is 0.0465 e. The number of hydrogen-bond acceptors (Lipinski definition) is 2. The van der Waals surface area contributed by atoms with Gasteiger partial charge in [0.1, 0.15) is 0 Å². The molecule has 1 aromatic carbocycles. The first-order valence-electron chi connectivity index (χ1n) is 8.11. The number of halogens is 2. The van der Waals surface area contributed by atoms with E-state index in [4.69, 9.17) is 23.2 Å². The van der Waals surface area contributed by atoms with Crippen molar-refractivity contribution in [2.75, 3.05) is 19.6 Å². The van der Waals surface area contributed by atoms with E-state index in [2.05, 4.69) is 16.3 Å². The maximum atomic E-state index is 6.37. The summed E-state index contributed by atoms with van der Waals surface area (Å²) in [4.78, 5) is 2.67. The van der Waals surface area contributed by atoms with Gasteiger partial charge >= 0.3 is 0 Å². The van der Waals surface area contributed by atoms with E-state index in [9.17, 15) is 0 Å². The van der Waals surface area contributed by atoms with Crippen LogP contribution in [0.4, 0.5) is 0 Å². The molecule has 1 N–H and O–H groups in total. The maximum absolute atomic E-state index is 6.37. The fraction of sp³-hybridized carbons (Fsp3) is 0.647. The molecule has 116 valence electrons. The topological polar surface area (TPSA) is 15.3 Å². The van der Waals surface area contributed by atoms with Gasteiger partial charge in [-0.3, -0.25) is 4.90 Å². The number of nitrogens with one attached hydrogen (secondary N) is 1. The Morgan fingerprint density at radius 3 is 2.48 bits per heavy atom. The van der Waals surface area contributed by atoms with Crippen molar-refractivity contribution in [1.82, 2.24) is 10.2 Å². The van der Waals surface area contributed by atoms with Crippen LogP contribution in [0.5, 0.6) is 0 Å². The average molecular weight is 327 g/mol. The monoisotopic (exact) mass is 326 g/mol. The van der Waals surface area contributed by atoms with Gasteiger partial charge in [0.2, 0.25) is 0 Å². The van der Waals surface area contributed by atoms with Gasteiger partial charge in [-0.25, -0.2) is 0 Å². The molecular weight excluding hydrogens is 303 g/mol. The first-order valence-corrected chi connectivity index (χ1v) is 8.86. The van der Waals surface area contributed by atoms with Crippen LogP contribution in [0.25, 0.3) is 0 Å². The number of nitrogens with zero attached hydrogens (tertiary/aromatic N) is 1. The first kappa shape index (κ1) is 15.6. The van der Waals surface area contributed by atoms with Gasteiger partial charge < -0.3 is 5.32 Å². The number of piperidine rings is 1. The highest BCUT2D eigenvalue weighted by Crippen LogP contribution is 2.30. The van der Waals surface area contributed by atoms with Crippen LogP contribution < -0.4 is 5.32 Å². The molecule has 2 nitrogen and oxygen atoms in total. The van der Waals surface area contributed by atoms with Crippen LogP contribution in [-0.2, 0) is 6.54 Å². The molecule has 3 rings (SSSR count). The molecule has 1 aliphatic carbocycles. The van der Waals surface area contributed by atoms with Gasteiger partial charge in [-0.05, 0) is 62.4 Å². The Kier molecular flexibility index (Phi) is 5.44. The molecule has 0 unspecified atom stereocenters. The lowest BCUT2D eigenvalue weighted by Crippen LogP contribution is -2.45. The van der Waals surface area contributed by atoms with Gasteiger partial charge in [0.15, 0.2) is 0 Å². The fourth-order valence-corrected chi connectivity index (χ4v) is 3.86. The van der Waals surface area contributed by atoms with Crippen LogP contribution in [0, 0.1) is 5.92 Å². The largest absolute Gasteiger partial charge is 0.317 e. The van der Waals surface area contributed by atoms with Gasteiger partial charge in [0.25, 0.3) is 0 Å². The summed E-state index contributed by atoms with van der Waals surface area (Å²) >= 11 is 12.4. The minimum absolute atomic E-state index is 0.693. The van der Waals surface area contributed by atoms with Crippen molar-refractivity contribution in [2.24, 2.45) is 5.92 Å². The van der Waals surface area contributed by atoms with Crippen molar-refractivity contribution in [3.05, 3.63) is 33.8 Å². The Morgan fingerprint density at radius 1 is 1.10 bits per heavy atom. The molecule has 0 bridgehead atoms. The summed E-state index contributed by atoms with van der Waals surface area (Å²) in [6.45, 7) is 4.46. The van der Waals surface area contributed by atoms with Crippen molar-refractivity contribution in [2.45, 2.75) is 44.7 Å². The van der Waals surface area contributed by atoms with Crippen molar-refractivity contribution < 1.29 is 0 Å². The molecule has 0 spiro atoms. The molecule has 21 heavy (non-hydrogen) atoms. The normalized spacial score (nSPS) is 20.7. The number of hydrogen-bond donors (Lipinski definition) is 1. The molecule has 1 heterocycles. The van der Waals surface area contributed by atoms with E-state index < -0.39 is 0 Å². The van der Waals surface area contributed by atoms with Gasteiger partial charge in [0.05, 0.1) is 0 Å². The molecule has 1 saturated carbocycles. The summed E-state index contributed by atoms with van der Waals surface area (Å²) in [6, 6.07) is 6.59. The van der Waals surface area contributed by atoms with Crippen molar-refractivity contribution in [1.29, 1.82) is 0 Å². The van der Waals surface area contributed by atoms with Crippen LogP contribution in [0.2, 0.25) is 10.0 Å². The van der Waals surface area contributed by atoms with Gasteiger partial charge in [-0.2, -0.15) is 0 Å². The zero-order chi connectivity index (χ0) is 14.7. The Labute approximate surface area is 137 Å². The number of benzene rings is 1. The third-order valence-corrected chi connectivity index (χ3v) is 5.52. The summed E-state index contributed by atoms with van der Waals surface area (Å²) in [5, 5.41) is 4.98. The van der Waals surface area contributed by atoms with E-state index in [-0.39, 0.29) is 0 Å². The zero-order valence-electron chi connectivity index (χ0n) is 12.5. The Hall–Kier alpha value is -0.280. The molecular formula is C17H24Cl2N2. The minimum Gasteiger partial charge on any atom is -0.317 e. The van der Waals surface area contributed by atoms with Crippen LogP contribution in [0.3, 0.4) is 0 Å². The van der Waals surface area contributed by atoms with E-state index in [0.717, 1.165) is 35.6 Å². The predicted octanol–water partition coefficient (Wildman–Crippen LogP) is 4.35. The fourth-order valence-electron chi connectivity index (χ4n) is 3.39. The van der Waals surface area contributed by atoms with E-state index in [1.807, 2.05) is 12.1 Å². The molecule has 0 aromatic heterocycles. The third-order valence-electron chi connectivity index (χ3n) is 4.93. The quantitative estimate of drug-likeness (QED) is 0.865. The second-order valence-corrected chi connectivity index (χ2v) is 7.29. The Bertz CT molecular complexity index is 468. The van der Waals surface area contributed by atoms with Gasteiger partial charge in [-0.15, -0.1) is 0 Å². The summed E-state index contributed by atoms with van der Waals surface area (Å²) in [6.07, 6.45) is 6.70. The molecule has 1 aromatic rings. The molecule has 1 aliphatic heterocycles. The Morgan fingerprint density at radius 2 is 1.86 bits per heavy atom. The summed E-state index contributed by atoms with van der Waals surface area (Å²) in [5.74, 6) is 0.894. The lowest BCUT2D eigenvalue weighted by molar-refractivity contribution is 0.105. The highest BCUT2D eigenvalue weighted by molar-refractivity contribution is 6.35. The highest BCUT2D eigenvalue weighted by atomic mass is 35.5. The molecule has 1 saturated heterocycles. The Balaban J connectivity index is 1.70. The maximum Gasteiger partial charge on any atom is 0.0465 e. The molecule has 0 atom stereocenters. The number of rotatable bonds is 5. The van der Waals surface area contributed by atoms with E-state index in [0.29, 0.717) is 6.04 Å². The lowest BCUT2D eigenvalue weighted by Gasteiger charge is -2.39. The second kappa shape index (κ2) is 7.32. The summed E-state index contributed by atoms with van der Waals surface area (Å²) < 4.78 is 0. The summed E-state index contributed by atoms with van der Waals surface area (Å²) in [7, 11) is 0. The minimum atomic E-state index is 0.693. The van der Waals surface area contributed by atoms with Crippen molar-refractivity contribution in [3.63, 3.8) is 0 Å². The zero-order valence-corrected chi connectivity index (χ0v) is 14.0. The molecule has 0 amide bonds. The SMILES string of the molecule is Clc1ccc(CN(CC2CCC2)C2CCNCC2)c(Cl)c1. The lowest BCUT2D eigenvalue weighted by atomic mass is 9.84. The highest BCUT2D eigenvalue weighted by Gasteiger charge is 2.27. The van der Waals surface area contributed by atoms with E-state index in [1.165, 1.54) is 44.2 Å². The predicted molar refractivity (Wildman–Crippen MR) is 90.1 cm³/mol. The van der Waals surface area contributed by atoms with Crippen LogP contribution >= 0.6 is 23.2 Å². The third kappa shape index (κ3) is 4.13. The average Bonchev–Trinajstić information content (AvgIpc) is 2.44. The summed E-state index contributed by atoms with van der Waals surface area (Å²) in [5.41, 5.74) is 1.21. The molecule has 4 heteroatoms. The first-order chi connectivity index (χ1) is 10.2. The van der Waals surface area contributed by atoms with E-state index >= 15 is 0 Å². The van der Waals surface area contributed by atoms with E-state index in [1.54, 1.807) is 0 Å². The standard InChI is InChI=1S/C17H24Cl2N2/c18-15-5-4-14(17(19)10-15)12-21(11-13-2-1-3-13)16-6-8-20-9-7-16/h4-5,10,13,16,20H,1-3,6-9,11-12H2. The van der Waals surface area contributed by atoms with Crippen LogP contribution in [0.15, 0.2) is 18.2 Å². The van der Waals surface area contributed by atoms with Gasteiger partial charge in [0, 0.05) is 29.2 Å². The second-order valence-electron chi connectivity index (χ2n) is 6.44. The van der Waals surface area contributed by atoms with Crippen molar-refractivity contribution in [3.8, 4) is 0 Å². The van der Waals surface area contributed by atoms with Crippen LogP contribution in [-0.4, -0.2) is 30.6 Å². The molecule has 0 radical (unpaired) electrons. The molecule has 2 fully saturated rings. The van der Waals surface area contributed by atoms with Crippen molar-refractivity contribution >= 4 is 23.2 Å². The van der Waals surface area contributed by atoms with Gasteiger partial charge in [-0.1, -0.05) is 35.7 Å². The molecule has 2 aliphatic rings.